The molecular weight excluding hydrogens is 428 g/mol. The van der Waals surface area contributed by atoms with Crippen LogP contribution in [0.5, 0.6) is 5.75 Å². The number of aryl methyl sites for hydroxylation is 1. The van der Waals surface area contributed by atoms with E-state index in [1.165, 1.54) is 18.2 Å². The molecule has 1 heterocycles. The largest absolute Gasteiger partial charge is 0.508 e. The normalized spacial score (nSPS) is 15.8. The zero-order valence-corrected chi connectivity index (χ0v) is 16.8. The summed E-state index contributed by atoms with van der Waals surface area (Å²) in [6, 6.07) is 9.93. The summed E-state index contributed by atoms with van der Waals surface area (Å²) in [7, 11) is 0. The molecule has 168 valence electrons. The molecule has 2 aromatic carbocycles. The van der Waals surface area contributed by atoms with E-state index in [-0.39, 0.29) is 29.7 Å². The summed E-state index contributed by atoms with van der Waals surface area (Å²) in [6.45, 7) is -0.259. The van der Waals surface area contributed by atoms with Crippen LogP contribution in [0.4, 0.5) is 22.4 Å². The average Bonchev–Trinajstić information content (AvgIpc) is 3.18. The second kappa shape index (κ2) is 8.52. The molecule has 0 saturated heterocycles. The average molecular weight is 448 g/mol. The minimum atomic E-state index is -4.69. The van der Waals surface area contributed by atoms with Crippen molar-refractivity contribution in [2.24, 2.45) is 0 Å². The molecule has 0 bridgehead atoms. The van der Waals surface area contributed by atoms with E-state index >= 15 is 0 Å². The fraction of sp³-hybridized carbons (Fsp3) is 0.273. The van der Waals surface area contributed by atoms with E-state index in [4.69, 9.17) is 0 Å². The Bertz CT molecular complexity index is 1140. The Morgan fingerprint density at radius 2 is 2.00 bits per heavy atom. The van der Waals surface area contributed by atoms with Crippen LogP contribution < -0.4 is 10.6 Å². The molecule has 0 aliphatic heterocycles. The lowest BCUT2D eigenvalue weighted by Crippen LogP contribution is -2.39. The maximum atomic E-state index is 13.6. The standard InChI is InChI=1S/C22H20F4N4O2/c23-14-4-2-5-15(9-14)30-16(10-20(29-30)22(24,25)26)12-27-21(32)28-19-6-1-3-13-7-8-17(31)11-18(13)19/h2,4-5,7-11,19,31H,1,3,6,12H2,(H2,27,28,32). The van der Waals surface area contributed by atoms with E-state index in [1.54, 1.807) is 12.1 Å². The van der Waals surface area contributed by atoms with Gasteiger partial charge in [0.05, 0.1) is 24.0 Å². The topological polar surface area (TPSA) is 79.2 Å². The first-order chi connectivity index (χ1) is 15.2. The van der Waals surface area contributed by atoms with Gasteiger partial charge in [0, 0.05) is 0 Å². The number of nitrogens with one attached hydrogen (secondary N) is 2. The van der Waals surface area contributed by atoms with Crippen LogP contribution >= 0.6 is 0 Å². The lowest BCUT2D eigenvalue weighted by molar-refractivity contribution is -0.141. The van der Waals surface area contributed by atoms with Crippen molar-refractivity contribution in [2.75, 3.05) is 0 Å². The highest BCUT2D eigenvalue weighted by molar-refractivity contribution is 5.74. The van der Waals surface area contributed by atoms with Gasteiger partial charge in [0.2, 0.25) is 0 Å². The number of fused-ring (bicyclic) bond motifs is 1. The van der Waals surface area contributed by atoms with Crippen LogP contribution in [0.15, 0.2) is 48.5 Å². The molecule has 6 nitrogen and oxygen atoms in total. The molecule has 10 heteroatoms. The molecule has 1 aliphatic rings. The first-order valence-corrected chi connectivity index (χ1v) is 9.99. The van der Waals surface area contributed by atoms with E-state index in [0.717, 1.165) is 40.8 Å². The smallest absolute Gasteiger partial charge is 0.435 e. The molecule has 1 unspecified atom stereocenters. The second-order valence-corrected chi connectivity index (χ2v) is 7.57. The molecule has 3 aromatic rings. The first-order valence-electron chi connectivity index (χ1n) is 9.99. The Kier molecular flexibility index (Phi) is 5.77. The van der Waals surface area contributed by atoms with Crippen LogP contribution in [-0.4, -0.2) is 20.9 Å². The fourth-order valence-corrected chi connectivity index (χ4v) is 3.83. The number of hydrogen-bond acceptors (Lipinski definition) is 3. The van der Waals surface area contributed by atoms with Crippen molar-refractivity contribution in [1.29, 1.82) is 0 Å². The first kappa shape index (κ1) is 21.7. The van der Waals surface area contributed by atoms with Crippen molar-refractivity contribution < 1.29 is 27.5 Å². The fourth-order valence-electron chi connectivity index (χ4n) is 3.83. The van der Waals surface area contributed by atoms with Crippen LogP contribution in [-0.2, 0) is 19.1 Å². The van der Waals surface area contributed by atoms with Crippen LogP contribution in [0.25, 0.3) is 5.69 Å². The number of alkyl halides is 3. The van der Waals surface area contributed by atoms with Crippen molar-refractivity contribution in [2.45, 2.75) is 38.0 Å². The van der Waals surface area contributed by atoms with Gasteiger partial charge < -0.3 is 15.7 Å². The Balaban J connectivity index is 1.51. The van der Waals surface area contributed by atoms with Gasteiger partial charge in [-0.3, -0.25) is 0 Å². The summed E-state index contributed by atoms with van der Waals surface area (Å²) in [6.07, 6.45) is -2.33. The number of aromatic nitrogens is 2. The van der Waals surface area contributed by atoms with E-state index in [1.807, 2.05) is 6.07 Å². The van der Waals surface area contributed by atoms with Gasteiger partial charge in [0.25, 0.3) is 0 Å². The van der Waals surface area contributed by atoms with Gasteiger partial charge in [-0.1, -0.05) is 12.1 Å². The summed E-state index contributed by atoms with van der Waals surface area (Å²) < 4.78 is 54.1. The monoisotopic (exact) mass is 448 g/mol. The quantitative estimate of drug-likeness (QED) is 0.510. The van der Waals surface area contributed by atoms with Gasteiger partial charge in [-0.15, -0.1) is 0 Å². The minimum Gasteiger partial charge on any atom is -0.508 e. The molecule has 0 spiro atoms. The minimum absolute atomic E-state index is 0.0414. The van der Waals surface area contributed by atoms with Crippen molar-refractivity contribution in [3.05, 3.63) is 76.9 Å². The van der Waals surface area contributed by atoms with Gasteiger partial charge in [0.15, 0.2) is 5.69 Å². The van der Waals surface area contributed by atoms with Gasteiger partial charge in [-0.2, -0.15) is 18.3 Å². The summed E-state index contributed by atoms with van der Waals surface area (Å²) >= 11 is 0. The lowest BCUT2D eigenvalue weighted by Gasteiger charge is -2.26. The third-order valence-electron chi connectivity index (χ3n) is 5.31. The number of carbonyl (C=O) groups excluding carboxylic acids is 1. The highest BCUT2D eigenvalue weighted by atomic mass is 19.4. The molecule has 1 aliphatic carbocycles. The molecule has 1 atom stereocenters. The van der Waals surface area contributed by atoms with E-state index in [0.29, 0.717) is 6.42 Å². The SMILES string of the molecule is O=C(NCc1cc(C(F)(F)F)nn1-c1cccc(F)c1)NC1CCCc2ccc(O)cc21. The summed E-state index contributed by atoms with van der Waals surface area (Å²) in [4.78, 5) is 12.5. The molecular formula is C22H20F4N4O2. The van der Waals surface area contributed by atoms with E-state index in [9.17, 15) is 27.5 Å². The third kappa shape index (κ3) is 4.68. The highest BCUT2D eigenvalue weighted by Gasteiger charge is 2.35. The number of phenolic OH excluding ortho intramolecular Hbond substituents is 1. The third-order valence-corrected chi connectivity index (χ3v) is 5.31. The van der Waals surface area contributed by atoms with Crippen LogP contribution in [0, 0.1) is 5.82 Å². The summed E-state index contributed by atoms with van der Waals surface area (Å²) in [5.41, 5.74) is 0.846. The second-order valence-electron chi connectivity index (χ2n) is 7.57. The van der Waals surface area contributed by atoms with Crippen molar-refractivity contribution >= 4 is 6.03 Å². The number of phenols is 1. The number of hydrogen-bond donors (Lipinski definition) is 3. The molecule has 0 saturated carbocycles. The number of benzene rings is 2. The number of nitrogens with zero attached hydrogens (tertiary/aromatic N) is 2. The molecule has 0 radical (unpaired) electrons. The maximum absolute atomic E-state index is 13.6. The number of carbonyl (C=O) groups is 1. The molecule has 0 fully saturated rings. The molecule has 3 N–H and O–H groups in total. The predicted octanol–water partition coefficient (Wildman–Crippen LogP) is 4.61. The Hall–Kier alpha value is -3.56. The van der Waals surface area contributed by atoms with Gasteiger partial charge >= 0.3 is 12.2 Å². The Morgan fingerprint density at radius 3 is 2.75 bits per heavy atom. The van der Waals surface area contributed by atoms with Crippen molar-refractivity contribution in [3.8, 4) is 11.4 Å². The maximum Gasteiger partial charge on any atom is 0.435 e. The van der Waals surface area contributed by atoms with E-state index < -0.39 is 23.7 Å². The van der Waals surface area contributed by atoms with Crippen LogP contribution in [0.1, 0.15) is 41.4 Å². The van der Waals surface area contributed by atoms with Crippen LogP contribution in [0.3, 0.4) is 0 Å². The van der Waals surface area contributed by atoms with Crippen molar-refractivity contribution in [1.82, 2.24) is 20.4 Å². The Labute approximate surface area is 180 Å². The molecule has 32 heavy (non-hydrogen) atoms. The highest BCUT2D eigenvalue weighted by Crippen LogP contribution is 2.32. The van der Waals surface area contributed by atoms with Gasteiger partial charge in [-0.05, 0) is 66.8 Å². The Morgan fingerprint density at radius 1 is 1.19 bits per heavy atom. The van der Waals surface area contributed by atoms with E-state index in [2.05, 4.69) is 15.7 Å². The van der Waals surface area contributed by atoms with Gasteiger partial charge in [-0.25, -0.2) is 13.9 Å². The summed E-state index contributed by atoms with van der Waals surface area (Å²) in [5.74, 6) is -0.529. The molecule has 1 aromatic heterocycles. The number of halogens is 4. The molecule has 2 amide bonds. The van der Waals surface area contributed by atoms with Crippen molar-refractivity contribution in [3.63, 3.8) is 0 Å². The predicted molar refractivity (Wildman–Crippen MR) is 108 cm³/mol. The summed E-state index contributed by atoms with van der Waals surface area (Å²) in [5, 5.41) is 18.7. The number of urea groups is 1. The number of rotatable bonds is 4. The van der Waals surface area contributed by atoms with Gasteiger partial charge in [0.1, 0.15) is 11.6 Å². The zero-order chi connectivity index (χ0) is 22.9. The zero-order valence-electron chi connectivity index (χ0n) is 16.8. The molecule has 4 rings (SSSR count). The lowest BCUT2D eigenvalue weighted by atomic mass is 9.87. The number of aromatic hydroxyl groups is 1. The number of amides is 2. The van der Waals surface area contributed by atoms with Crippen LogP contribution in [0.2, 0.25) is 0 Å².